The Morgan fingerprint density at radius 2 is 1.89 bits per heavy atom. The van der Waals surface area contributed by atoms with E-state index < -0.39 is 18.6 Å². The fourth-order valence-corrected chi connectivity index (χ4v) is 3.92. The number of aromatic amines is 1. The van der Waals surface area contributed by atoms with E-state index in [1.54, 1.807) is 0 Å². The largest absolute Gasteiger partial charge is 0.394 e. The lowest BCUT2D eigenvalue weighted by Gasteiger charge is -2.08. The van der Waals surface area contributed by atoms with Gasteiger partial charge in [-0.1, -0.05) is 48.5 Å². The van der Waals surface area contributed by atoms with Crippen molar-refractivity contribution in [1.82, 2.24) is 20.5 Å². The fraction of sp³-hybridized carbons (Fsp3) is 0.150. The Bertz CT molecular complexity index is 1110. The number of hydrogen-bond acceptors (Lipinski definition) is 6. The summed E-state index contributed by atoms with van der Waals surface area (Å²) in [4.78, 5) is 18.0. The van der Waals surface area contributed by atoms with E-state index in [4.69, 9.17) is 5.11 Å². The van der Waals surface area contributed by atoms with Gasteiger partial charge >= 0.3 is 0 Å². The normalized spacial score (nSPS) is 12.2. The van der Waals surface area contributed by atoms with E-state index in [0.29, 0.717) is 10.7 Å². The van der Waals surface area contributed by atoms with E-state index in [-0.39, 0.29) is 12.2 Å². The van der Waals surface area contributed by atoms with Crippen molar-refractivity contribution >= 4 is 28.1 Å². The third-order valence-electron chi connectivity index (χ3n) is 4.26. The molecule has 0 saturated carbocycles. The van der Waals surface area contributed by atoms with Crippen LogP contribution in [0.2, 0.25) is 0 Å². The van der Waals surface area contributed by atoms with Crippen LogP contribution in [-0.4, -0.2) is 50.6 Å². The smallest absolute Gasteiger partial charge is 0.271 e. The predicted molar refractivity (Wildman–Crippen MR) is 108 cm³/mol. The maximum Gasteiger partial charge on any atom is 0.271 e. The summed E-state index contributed by atoms with van der Waals surface area (Å²) in [5.74, 6) is -0.409. The van der Waals surface area contributed by atoms with Gasteiger partial charge < -0.3 is 15.5 Å². The van der Waals surface area contributed by atoms with E-state index in [1.165, 1.54) is 11.3 Å². The van der Waals surface area contributed by atoms with E-state index in [2.05, 4.69) is 20.5 Å². The second-order valence-electron chi connectivity index (χ2n) is 6.23. The summed E-state index contributed by atoms with van der Waals surface area (Å²) in [5, 5.41) is 30.0. The Labute approximate surface area is 164 Å². The number of aliphatic hydroxyl groups excluding tert-OH is 2. The van der Waals surface area contributed by atoms with Crippen LogP contribution in [0.15, 0.2) is 54.6 Å². The second kappa shape index (κ2) is 7.89. The monoisotopic (exact) mass is 394 g/mol. The van der Waals surface area contributed by atoms with Crippen molar-refractivity contribution in [3.05, 3.63) is 60.3 Å². The molecule has 0 aliphatic carbocycles. The zero-order valence-corrected chi connectivity index (χ0v) is 15.6. The van der Waals surface area contributed by atoms with Gasteiger partial charge in [-0.25, -0.2) is 4.98 Å². The summed E-state index contributed by atoms with van der Waals surface area (Å²) in [6.07, 6.45) is -1.02. The molecule has 7 nitrogen and oxygen atoms in total. The Morgan fingerprint density at radius 1 is 1.14 bits per heavy atom. The molecule has 4 N–H and O–H groups in total. The molecule has 2 aromatic carbocycles. The van der Waals surface area contributed by atoms with Gasteiger partial charge in [-0.05, 0) is 11.6 Å². The molecule has 1 amide bonds. The molecule has 4 aromatic rings. The van der Waals surface area contributed by atoms with Gasteiger partial charge in [-0.15, -0.1) is 11.3 Å². The van der Waals surface area contributed by atoms with Gasteiger partial charge in [0.1, 0.15) is 16.4 Å². The highest BCUT2D eigenvalue weighted by atomic mass is 32.1. The van der Waals surface area contributed by atoms with Crippen molar-refractivity contribution in [2.45, 2.75) is 6.10 Å². The molecule has 2 aromatic heterocycles. The van der Waals surface area contributed by atoms with Crippen molar-refractivity contribution in [2.24, 2.45) is 0 Å². The molecule has 8 heteroatoms. The number of thiazole rings is 1. The molecule has 0 spiro atoms. The minimum Gasteiger partial charge on any atom is -0.394 e. The summed E-state index contributed by atoms with van der Waals surface area (Å²) in [7, 11) is 0. The first-order valence-electron chi connectivity index (χ1n) is 8.74. The number of rotatable bonds is 6. The molecule has 2 heterocycles. The minimum absolute atomic E-state index is 0.0538. The maximum atomic E-state index is 12.7. The number of aliphatic hydroxyl groups is 2. The van der Waals surface area contributed by atoms with Crippen molar-refractivity contribution < 1.29 is 15.0 Å². The molecular formula is C20H18N4O3S. The maximum absolute atomic E-state index is 12.7. The molecule has 0 radical (unpaired) electrons. The SMILES string of the molecule is O=C(NCC(O)CO)c1nc(-c2n[nH]c3ccccc23)sc1-c1ccccc1. The first-order valence-corrected chi connectivity index (χ1v) is 9.56. The summed E-state index contributed by atoms with van der Waals surface area (Å²) in [6.45, 7) is -0.477. The van der Waals surface area contributed by atoms with Gasteiger partial charge in [0.2, 0.25) is 0 Å². The summed E-state index contributed by atoms with van der Waals surface area (Å²) >= 11 is 1.39. The Morgan fingerprint density at radius 3 is 2.68 bits per heavy atom. The molecule has 0 bridgehead atoms. The summed E-state index contributed by atoms with van der Waals surface area (Å²) in [6, 6.07) is 17.3. The van der Waals surface area contributed by atoms with E-state index >= 15 is 0 Å². The lowest BCUT2D eigenvalue weighted by Crippen LogP contribution is -2.34. The first-order chi connectivity index (χ1) is 13.7. The van der Waals surface area contributed by atoms with E-state index in [9.17, 15) is 9.90 Å². The van der Waals surface area contributed by atoms with Crippen molar-refractivity contribution in [3.63, 3.8) is 0 Å². The number of aromatic nitrogens is 3. The highest BCUT2D eigenvalue weighted by Crippen LogP contribution is 2.37. The van der Waals surface area contributed by atoms with Crippen molar-refractivity contribution in [1.29, 1.82) is 0 Å². The molecule has 0 fully saturated rings. The number of carbonyl (C=O) groups is 1. The molecule has 28 heavy (non-hydrogen) atoms. The number of nitrogens with one attached hydrogen (secondary N) is 2. The van der Waals surface area contributed by atoms with E-state index in [1.807, 2.05) is 54.6 Å². The molecule has 0 saturated heterocycles. The molecule has 1 unspecified atom stereocenters. The molecular weight excluding hydrogens is 376 g/mol. The lowest BCUT2D eigenvalue weighted by molar-refractivity contribution is 0.0799. The van der Waals surface area contributed by atoms with Crippen LogP contribution < -0.4 is 5.32 Å². The number of hydrogen-bond donors (Lipinski definition) is 4. The van der Waals surface area contributed by atoms with Crippen molar-refractivity contribution in [2.75, 3.05) is 13.2 Å². The molecule has 142 valence electrons. The highest BCUT2D eigenvalue weighted by molar-refractivity contribution is 7.18. The van der Waals surface area contributed by atoms with Crippen LogP contribution in [0.5, 0.6) is 0 Å². The number of H-pyrrole nitrogens is 1. The standard InChI is InChI=1S/C20H18N4O3S/c25-11-13(26)10-21-19(27)17-18(12-6-2-1-3-7-12)28-20(22-17)16-14-8-4-5-9-15(14)23-24-16/h1-9,13,25-26H,10-11H2,(H,21,27)(H,23,24). The van der Waals surface area contributed by atoms with Crippen LogP contribution >= 0.6 is 11.3 Å². The van der Waals surface area contributed by atoms with Crippen LogP contribution in [0, 0.1) is 0 Å². The van der Waals surface area contributed by atoms with Gasteiger partial charge in [-0.3, -0.25) is 9.89 Å². The van der Waals surface area contributed by atoms with Crippen LogP contribution in [0.4, 0.5) is 0 Å². The van der Waals surface area contributed by atoms with Crippen LogP contribution in [0.25, 0.3) is 32.0 Å². The predicted octanol–water partition coefficient (Wildman–Crippen LogP) is 2.44. The van der Waals surface area contributed by atoms with Crippen LogP contribution in [-0.2, 0) is 0 Å². The lowest BCUT2D eigenvalue weighted by atomic mass is 10.1. The zero-order chi connectivity index (χ0) is 19.5. The summed E-state index contributed by atoms with van der Waals surface area (Å²) < 4.78 is 0. The number of fused-ring (bicyclic) bond motifs is 1. The minimum atomic E-state index is -1.02. The Hall–Kier alpha value is -3.07. The second-order valence-corrected chi connectivity index (χ2v) is 7.23. The van der Waals surface area contributed by atoms with Gasteiger partial charge in [0.05, 0.1) is 23.1 Å². The summed E-state index contributed by atoms with van der Waals surface area (Å²) in [5.41, 5.74) is 2.72. The third-order valence-corrected chi connectivity index (χ3v) is 5.37. The van der Waals surface area contributed by atoms with Crippen LogP contribution in [0.1, 0.15) is 10.5 Å². The number of nitrogens with zero attached hydrogens (tertiary/aromatic N) is 2. The molecule has 1 atom stereocenters. The molecule has 0 aliphatic heterocycles. The van der Waals surface area contributed by atoms with E-state index in [0.717, 1.165) is 21.3 Å². The zero-order valence-electron chi connectivity index (χ0n) is 14.8. The Kier molecular flexibility index (Phi) is 5.16. The quantitative estimate of drug-likeness (QED) is 0.401. The number of para-hydroxylation sites is 1. The van der Waals surface area contributed by atoms with Gasteiger partial charge in [0, 0.05) is 11.9 Å². The number of benzene rings is 2. The first kappa shape index (κ1) is 18.3. The van der Waals surface area contributed by atoms with Gasteiger partial charge in [0.25, 0.3) is 5.91 Å². The van der Waals surface area contributed by atoms with Crippen molar-refractivity contribution in [3.8, 4) is 21.1 Å². The molecule has 0 aliphatic rings. The topological polar surface area (TPSA) is 111 Å². The average molecular weight is 394 g/mol. The highest BCUT2D eigenvalue weighted by Gasteiger charge is 2.22. The average Bonchev–Trinajstić information content (AvgIpc) is 3.36. The number of carbonyl (C=O) groups excluding carboxylic acids is 1. The van der Waals surface area contributed by atoms with Gasteiger partial charge in [0.15, 0.2) is 0 Å². The van der Waals surface area contributed by atoms with Gasteiger partial charge in [-0.2, -0.15) is 5.10 Å². The molecule has 4 rings (SSSR count). The number of amides is 1. The third kappa shape index (κ3) is 3.53. The van der Waals surface area contributed by atoms with Crippen LogP contribution in [0.3, 0.4) is 0 Å². The Balaban J connectivity index is 1.77. The fourth-order valence-electron chi connectivity index (χ4n) is 2.85.